The van der Waals surface area contributed by atoms with Crippen LogP contribution in [0.1, 0.15) is 31.7 Å². The summed E-state index contributed by atoms with van der Waals surface area (Å²) in [5.74, 6) is 0.888. The third kappa shape index (κ3) is 5.05. The number of benzene rings is 1. The fourth-order valence-corrected chi connectivity index (χ4v) is 2.37. The van der Waals surface area contributed by atoms with Gasteiger partial charge < -0.3 is 4.84 Å². The Kier molecular flexibility index (Phi) is 5.92. The monoisotopic (exact) mass is 260 g/mol. The average Bonchev–Trinajstić information content (AvgIpc) is 2.45. The molecule has 3 nitrogen and oxygen atoms in total. The molecular formula is C16H24N2O. The maximum atomic E-state index is 5.52. The first-order chi connectivity index (χ1) is 9.38. The number of hydrogen-bond acceptors (Lipinski definition) is 3. The summed E-state index contributed by atoms with van der Waals surface area (Å²) in [6.07, 6.45) is 8.08. The fraction of sp³-hybridized carbons (Fsp3) is 0.500. The van der Waals surface area contributed by atoms with Gasteiger partial charge in [0.05, 0.1) is 0 Å². The topological polar surface area (TPSA) is 24.5 Å². The van der Waals surface area contributed by atoms with Crippen LogP contribution in [0.4, 0.5) is 0 Å². The van der Waals surface area contributed by atoms with Crippen molar-refractivity contribution in [1.29, 1.82) is 0 Å². The Bertz CT molecular complexity index is 397. The number of hydrogen-bond donors (Lipinski definition) is 1. The lowest BCUT2D eigenvalue weighted by molar-refractivity contribution is 0.206. The molecule has 104 valence electrons. The van der Waals surface area contributed by atoms with Gasteiger partial charge in [-0.2, -0.15) is 5.48 Å². The van der Waals surface area contributed by atoms with Crippen molar-refractivity contribution in [2.75, 3.05) is 19.6 Å². The van der Waals surface area contributed by atoms with Crippen molar-refractivity contribution in [3.05, 3.63) is 42.0 Å². The van der Waals surface area contributed by atoms with E-state index in [0.29, 0.717) is 0 Å². The van der Waals surface area contributed by atoms with E-state index in [1.807, 2.05) is 25.1 Å². The van der Waals surface area contributed by atoms with Crippen molar-refractivity contribution in [1.82, 2.24) is 10.4 Å². The molecule has 0 saturated carbocycles. The lowest BCUT2D eigenvalue weighted by atomic mass is 10.1. The second-order valence-electron chi connectivity index (χ2n) is 5.00. The fourth-order valence-electron chi connectivity index (χ4n) is 2.37. The molecule has 1 fully saturated rings. The van der Waals surface area contributed by atoms with Crippen LogP contribution in [0, 0.1) is 0 Å². The van der Waals surface area contributed by atoms with Crippen LogP contribution in [-0.4, -0.2) is 24.5 Å². The molecule has 1 heterocycles. The first kappa shape index (κ1) is 14.1. The van der Waals surface area contributed by atoms with Gasteiger partial charge in [-0.1, -0.05) is 30.7 Å². The van der Waals surface area contributed by atoms with E-state index in [9.17, 15) is 0 Å². The smallest absolute Gasteiger partial charge is 0.147 e. The van der Waals surface area contributed by atoms with Crippen LogP contribution in [0.5, 0.6) is 5.75 Å². The SMILES string of the molecule is C/C=C/CNOc1cccc(CN2CCCCC2)c1. The highest BCUT2D eigenvalue weighted by atomic mass is 16.6. The molecule has 1 aliphatic rings. The van der Waals surface area contributed by atoms with Gasteiger partial charge in [0.15, 0.2) is 0 Å². The van der Waals surface area contributed by atoms with E-state index < -0.39 is 0 Å². The van der Waals surface area contributed by atoms with E-state index in [1.54, 1.807) is 0 Å². The van der Waals surface area contributed by atoms with E-state index in [-0.39, 0.29) is 0 Å². The minimum atomic E-state index is 0.729. The number of allylic oxidation sites excluding steroid dienone is 1. The van der Waals surface area contributed by atoms with Gasteiger partial charge in [-0.05, 0) is 50.6 Å². The molecule has 0 amide bonds. The molecule has 0 radical (unpaired) electrons. The lowest BCUT2D eigenvalue weighted by Crippen LogP contribution is -2.29. The van der Waals surface area contributed by atoms with Gasteiger partial charge in [0.1, 0.15) is 5.75 Å². The van der Waals surface area contributed by atoms with Crippen molar-refractivity contribution >= 4 is 0 Å². The van der Waals surface area contributed by atoms with Crippen LogP contribution in [0.3, 0.4) is 0 Å². The van der Waals surface area contributed by atoms with Crippen molar-refractivity contribution in [2.45, 2.75) is 32.7 Å². The second-order valence-corrected chi connectivity index (χ2v) is 5.00. The van der Waals surface area contributed by atoms with Gasteiger partial charge in [0.25, 0.3) is 0 Å². The Balaban J connectivity index is 1.83. The van der Waals surface area contributed by atoms with Crippen molar-refractivity contribution in [3.63, 3.8) is 0 Å². The third-order valence-corrected chi connectivity index (χ3v) is 3.38. The maximum absolute atomic E-state index is 5.52. The molecule has 0 aromatic heterocycles. The largest absolute Gasteiger partial charge is 0.408 e. The number of nitrogens with zero attached hydrogens (tertiary/aromatic N) is 1. The highest BCUT2D eigenvalue weighted by molar-refractivity contribution is 5.28. The molecule has 0 unspecified atom stereocenters. The van der Waals surface area contributed by atoms with Crippen molar-refractivity contribution in [3.8, 4) is 5.75 Å². The highest BCUT2D eigenvalue weighted by Gasteiger charge is 2.10. The Morgan fingerprint density at radius 2 is 2.11 bits per heavy atom. The van der Waals surface area contributed by atoms with E-state index in [1.165, 1.54) is 37.9 Å². The van der Waals surface area contributed by atoms with Gasteiger partial charge in [-0.25, -0.2) is 0 Å². The standard InChI is InChI=1S/C16H24N2O/c1-2-3-10-17-19-16-9-7-8-15(13-16)14-18-11-5-4-6-12-18/h2-3,7-9,13,17H,4-6,10-12,14H2,1H3/b3-2+. The zero-order valence-electron chi connectivity index (χ0n) is 11.8. The third-order valence-electron chi connectivity index (χ3n) is 3.38. The van der Waals surface area contributed by atoms with Gasteiger partial charge >= 0.3 is 0 Å². The maximum Gasteiger partial charge on any atom is 0.147 e. The summed E-state index contributed by atoms with van der Waals surface area (Å²) in [5.41, 5.74) is 4.26. The molecule has 1 N–H and O–H groups in total. The first-order valence-electron chi connectivity index (χ1n) is 7.20. The summed E-state index contributed by atoms with van der Waals surface area (Å²) in [4.78, 5) is 8.04. The molecule has 0 aliphatic carbocycles. The summed E-state index contributed by atoms with van der Waals surface area (Å²) in [6.45, 7) is 6.22. The van der Waals surface area contributed by atoms with Gasteiger partial charge in [-0.15, -0.1) is 0 Å². The van der Waals surface area contributed by atoms with Gasteiger partial charge in [0.2, 0.25) is 0 Å². The minimum absolute atomic E-state index is 0.729. The van der Waals surface area contributed by atoms with E-state index in [4.69, 9.17) is 4.84 Å². The zero-order chi connectivity index (χ0) is 13.3. The number of likely N-dealkylation sites (tertiary alicyclic amines) is 1. The predicted molar refractivity (Wildman–Crippen MR) is 79.0 cm³/mol. The zero-order valence-corrected chi connectivity index (χ0v) is 11.8. The molecule has 19 heavy (non-hydrogen) atoms. The van der Waals surface area contributed by atoms with E-state index in [2.05, 4.69) is 28.6 Å². The highest BCUT2D eigenvalue weighted by Crippen LogP contribution is 2.17. The van der Waals surface area contributed by atoms with Crippen LogP contribution < -0.4 is 10.3 Å². The number of piperidine rings is 1. The Morgan fingerprint density at radius 1 is 1.26 bits per heavy atom. The van der Waals surface area contributed by atoms with E-state index >= 15 is 0 Å². The second kappa shape index (κ2) is 7.97. The molecular weight excluding hydrogens is 236 g/mol. The first-order valence-corrected chi connectivity index (χ1v) is 7.20. The summed E-state index contributed by atoms with van der Waals surface area (Å²) in [7, 11) is 0. The average molecular weight is 260 g/mol. The van der Waals surface area contributed by atoms with Crippen LogP contribution in [0.25, 0.3) is 0 Å². The molecule has 1 aromatic carbocycles. The number of rotatable bonds is 6. The molecule has 1 aromatic rings. The van der Waals surface area contributed by atoms with E-state index in [0.717, 1.165) is 18.8 Å². The summed E-state index contributed by atoms with van der Waals surface area (Å²) in [6, 6.07) is 8.35. The molecule has 2 rings (SSSR count). The summed E-state index contributed by atoms with van der Waals surface area (Å²) >= 11 is 0. The van der Waals surface area contributed by atoms with Crippen LogP contribution in [0.15, 0.2) is 36.4 Å². The molecule has 0 spiro atoms. The molecule has 0 bridgehead atoms. The van der Waals surface area contributed by atoms with Gasteiger partial charge in [0, 0.05) is 13.1 Å². The number of nitrogens with one attached hydrogen (secondary N) is 1. The molecule has 0 atom stereocenters. The Labute approximate surface area is 116 Å². The molecule has 1 aliphatic heterocycles. The van der Waals surface area contributed by atoms with Crippen molar-refractivity contribution < 1.29 is 4.84 Å². The molecule has 1 saturated heterocycles. The predicted octanol–water partition coefficient (Wildman–Crippen LogP) is 3.13. The normalized spacial score (nSPS) is 16.9. The summed E-state index contributed by atoms with van der Waals surface area (Å²) in [5, 5.41) is 0. The summed E-state index contributed by atoms with van der Waals surface area (Å²) < 4.78 is 0. The Morgan fingerprint density at radius 3 is 2.89 bits per heavy atom. The minimum Gasteiger partial charge on any atom is -0.408 e. The quantitative estimate of drug-likeness (QED) is 0.483. The number of hydroxylamine groups is 1. The lowest BCUT2D eigenvalue weighted by Gasteiger charge is -2.26. The van der Waals surface area contributed by atoms with Crippen LogP contribution in [0.2, 0.25) is 0 Å². The van der Waals surface area contributed by atoms with Crippen LogP contribution >= 0.6 is 0 Å². The van der Waals surface area contributed by atoms with Gasteiger partial charge in [-0.3, -0.25) is 4.90 Å². The van der Waals surface area contributed by atoms with Crippen molar-refractivity contribution in [2.24, 2.45) is 0 Å². The Hall–Kier alpha value is -1.32. The van der Waals surface area contributed by atoms with Crippen LogP contribution in [-0.2, 0) is 6.54 Å². The molecule has 3 heteroatoms.